The van der Waals surface area contributed by atoms with Crippen LogP contribution < -0.4 is 15.0 Å². The maximum absolute atomic E-state index is 13.4. The number of nitriles is 1. The first-order valence-electron chi connectivity index (χ1n) is 12.0. The molecule has 1 aromatic heterocycles. The van der Waals surface area contributed by atoms with Crippen molar-refractivity contribution in [1.29, 1.82) is 5.26 Å². The van der Waals surface area contributed by atoms with Gasteiger partial charge in [-0.3, -0.25) is 23.9 Å². The fourth-order valence-electron chi connectivity index (χ4n) is 4.39. The van der Waals surface area contributed by atoms with Gasteiger partial charge in [0.2, 0.25) is 12.7 Å². The number of hydrogen-bond donors (Lipinski definition) is 1. The molecule has 12 heteroatoms. The van der Waals surface area contributed by atoms with E-state index in [0.717, 1.165) is 21.9 Å². The Bertz CT molecular complexity index is 1710. The number of benzene rings is 2. The third kappa shape index (κ3) is 5.21. The summed E-state index contributed by atoms with van der Waals surface area (Å²) in [5.74, 6) is -0.401. The molecule has 0 saturated carbocycles. The van der Waals surface area contributed by atoms with Gasteiger partial charge < -0.3 is 14.6 Å². The van der Waals surface area contributed by atoms with E-state index < -0.39 is 17.2 Å². The van der Waals surface area contributed by atoms with Crippen LogP contribution >= 0.6 is 35.6 Å². The molecular weight excluding hydrogens is 574 g/mol. The van der Waals surface area contributed by atoms with Gasteiger partial charge in [-0.1, -0.05) is 53.8 Å². The zero-order valence-electron chi connectivity index (χ0n) is 21.0. The molecular formula is C28H20ClN3O6S2. The number of rotatable bonds is 7. The largest absolute Gasteiger partial charge is 0.494 e. The van der Waals surface area contributed by atoms with E-state index in [1.807, 2.05) is 6.07 Å². The number of carbonyl (C=O) groups is 2. The lowest BCUT2D eigenvalue weighted by atomic mass is 9.99. The van der Waals surface area contributed by atoms with Crippen molar-refractivity contribution in [2.24, 2.45) is 0 Å². The summed E-state index contributed by atoms with van der Waals surface area (Å²) in [7, 11) is 0. The number of ether oxygens (including phenoxy) is 2. The first-order valence-corrected chi connectivity index (χ1v) is 13.6. The Kier molecular flexibility index (Phi) is 7.67. The van der Waals surface area contributed by atoms with E-state index in [-0.39, 0.29) is 48.9 Å². The minimum Gasteiger partial charge on any atom is -0.494 e. The molecule has 2 aliphatic heterocycles. The van der Waals surface area contributed by atoms with Gasteiger partial charge in [-0.05, 0) is 54.0 Å². The first-order chi connectivity index (χ1) is 19.2. The number of thioether (sulfide) groups is 1. The van der Waals surface area contributed by atoms with Crippen LogP contribution in [0, 0.1) is 18.3 Å². The summed E-state index contributed by atoms with van der Waals surface area (Å²) < 4.78 is 12.0. The van der Waals surface area contributed by atoms with Crippen molar-refractivity contribution in [2.75, 3.05) is 13.3 Å². The molecule has 0 atom stereocenters. The molecule has 3 heterocycles. The zero-order chi connectivity index (χ0) is 28.6. The van der Waals surface area contributed by atoms with Gasteiger partial charge in [0, 0.05) is 18.0 Å². The van der Waals surface area contributed by atoms with E-state index in [1.165, 1.54) is 11.8 Å². The highest BCUT2D eigenvalue weighted by molar-refractivity contribution is 8.26. The van der Waals surface area contributed by atoms with Gasteiger partial charge >= 0.3 is 0 Å². The number of fused-ring (bicyclic) bond motifs is 1. The lowest BCUT2D eigenvalue weighted by Crippen LogP contribution is -2.31. The average Bonchev–Trinajstić information content (AvgIpc) is 3.50. The molecule has 40 heavy (non-hydrogen) atoms. The van der Waals surface area contributed by atoms with Crippen molar-refractivity contribution < 1.29 is 24.2 Å². The molecule has 0 spiro atoms. The number of thiocarbonyl (C=S) groups is 1. The monoisotopic (exact) mass is 593 g/mol. The summed E-state index contributed by atoms with van der Waals surface area (Å²) in [6.07, 6.45) is 1.50. The van der Waals surface area contributed by atoms with Crippen LogP contribution in [0.2, 0.25) is 5.02 Å². The number of amides is 1. The van der Waals surface area contributed by atoms with Crippen molar-refractivity contribution in [3.63, 3.8) is 0 Å². The molecule has 0 radical (unpaired) electrons. The van der Waals surface area contributed by atoms with E-state index in [0.29, 0.717) is 31.3 Å². The number of carbonyl (C=O) groups excluding carboxylic acids is 2. The Hall–Kier alpha value is -4.11. The maximum atomic E-state index is 13.4. The van der Waals surface area contributed by atoms with Crippen LogP contribution in [-0.4, -0.2) is 43.9 Å². The van der Waals surface area contributed by atoms with Crippen molar-refractivity contribution in [2.45, 2.75) is 19.9 Å². The van der Waals surface area contributed by atoms with Gasteiger partial charge in [-0.15, -0.1) is 0 Å². The van der Waals surface area contributed by atoms with Crippen LogP contribution in [-0.2, 0) is 11.3 Å². The molecule has 1 amide bonds. The zero-order valence-corrected chi connectivity index (χ0v) is 23.4. The normalized spacial score (nSPS) is 15.1. The van der Waals surface area contributed by atoms with Gasteiger partial charge in [0.25, 0.3) is 11.5 Å². The quantitative estimate of drug-likeness (QED) is 0.237. The van der Waals surface area contributed by atoms with Crippen molar-refractivity contribution in [1.82, 2.24) is 9.47 Å². The van der Waals surface area contributed by atoms with Gasteiger partial charge in [0.15, 0.2) is 17.3 Å². The van der Waals surface area contributed by atoms with E-state index in [2.05, 4.69) is 0 Å². The Morgan fingerprint density at radius 1 is 1.20 bits per heavy atom. The molecule has 3 aromatic rings. The summed E-state index contributed by atoms with van der Waals surface area (Å²) >= 11 is 12.4. The van der Waals surface area contributed by atoms with Crippen molar-refractivity contribution >= 4 is 57.7 Å². The Balaban J connectivity index is 1.38. The van der Waals surface area contributed by atoms with Gasteiger partial charge in [-0.2, -0.15) is 5.26 Å². The van der Waals surface area contributed by atoms with E-state index in [1.54, 1.807) is 48.5 Å². The Labute approximate surface area is 243 Å². The minimum atomic E-state index is -0.726. The molecule has 9 nitrogen and oxygen atoms in total. The molecule has 2 aromatic carbocycles. The standard InChI is InChI=1S/C28H20ClN3O6S2/c1-15-19(12-30)25(34)32(13-17-4-7-21-22(10-17)38-14-37-21)27(36)24(15)20(33)8-9-31-26(35)23(40-28(31)39)11-16-2-5-18(29)6-3-16/h2-7,10-11,36H,8-9,13-14H2,1H3/b23-11-. The Morgan fingerprint density at radius 2 is 1.93 bits per heavy atom. The number of Topliss-reactive ketones (excluding diaryl/α,β-unsaturated/α-hetero) is 1. The molecule has 0 unspecified atom stereocenters. The van der Waals surface area contributed by atoms with Crippen LogP contribution in [0.1, 0.15) is 39.0 Å². The van der Waals surface area contributed by atoms with Crippen LogP contribution in [0.3, 0.4) is 0 Å². The van der Waals surface area contributed by atoms with Crippen LogP contribution in [0.15, 0.2) is 52.2 Å². The predicted molar refractivity (Wildman–Crippen MR) is 154 cm³/mol. The number of ketones is 1. The van der Waals surface area contributed by atoms with E-state index >= 15 is 0 Å². The number of aromatic nitrogens is 1. The first kappa shape index (κ1) is 27.5. The fourth-order valence-corrected chi connectivity index (χ4v) is 5.83. The van der Waals surface area contributed by atoms with Gasteiger partial charge in [-0.25, -0.2) is 0 Å². The highest BCUT2D eigenvalue weighted by Crippen LogP contribution is 2.35. The molecule has 202 valence electrons. The summed E-state index contributed by atoms with van der Waals surface area (Å²) in [6, 6.07) is 13.9. The molecule has 0 aliphatic carbocycles. The third-order valence-electron chi connectivity index (χ3n) is 6.46. The van der Waals surface area contributed by atoms with Gasteiger partial charge in [0.05, 0.1) is 17.0 Å². The predicted octanol–water partition coefficient (Wildman–Crippen LogP) is 4.64. The molecule has 5 rings (SSSR count). The average molecular weight is 594 g/mol. The van der Waals surface area contributed by atoms with Crippen LogP contribution in [0.25, 0.3) is 6.08 Å². The summed E-state index contributed by atoms with van der Waals surface area (Å²) in [5, 5.41) is 21.3. The number of aromatic hydroxyl groups is 1. The molecule has 0 bridgehead atoms. The summed E-state index contributed by atoms with van der Waals surface area (Å²) in [4.78, 5) is 41.1. The SMILES string of the molecule is Cc1c(C(=O)CCN2C(=O)/C(=C/c3ccc(Cl)cc3)SC2=S)c(O)n(Cc2ccc3c(c2)OCO3)c(=O)c1C#N. The molecule has 1 N–H and O–H groups in total. The van der Waals surface area contributed by atoms with Crippen molar-refractivity contribution in [3.8, 4) is 23.4 Å². The lowest BCUT2D eigenvalue weighted by molar-refractivity contribution is -0.122. The number of hydrogen-bond acceptors (Lipinski definition) is 9. The van der Waals surface area contributed by atoms with Crippen LogP contribution in [0.5, 0.6) is 17.4 Å². The second kappa shape index (κ2) is 11.2. The Morgan fingerprint density at radius 3 is 2.65 bits per heavy atom. The number of nitrogens with zero attached hydrogens (tertiary/aromatic N) is 3. The maximum Gasteiger partial charge on any atom is 0.271 e. The highest BCUT2D eigenvalue weighted by atomic mass is 35.5. The number of pyridine rings is 1. The smallest absolute Gasteiger partial charge is 0.271 e. The highest BCUT2D eigenvalue weighted by Gasteiger charge is 2.33. The minimum absolute atomic E-state index is 0.0382. The second-order valence-electron chi connectivity index (χ2n) is 8.95. The van der Waals surface area contributed by atoms with E-state index in [4.69, 9.17) is 33.3 Å². The number of halogens is 1. The molecule has 2 aliphatic rings. The second-order valence-corrected chi connectivity index (χ2v) is 11.1. The van der Waals surface area contributed by atoms with Gasteiger partial charge in [0.1, 0.15) is 16.0 Å². The molecule has 1 fully saturated rings. The van der Waals surface area contributed by atoms with Crippen molar-refractivity contribution in [3.05, 3.63) is 90.6 Å². The third-order valence-corrected chi connectivity index (χ3v) is 8.09. The van der Waals surface area contributed by atoms with Crippen LogP contribution in [0.4, 0.5) is 0 Å². The topological polar surface area (TPSA) is 122 Å². The molecule has 1 saturated heterocycles. The summed E-state index contributed by atoms with van der Waals surface area (Å²) in [6.45, 7) is 1.36. The summed E-state index contributed by atoms with van der Waals surface area (Å²) in [5.41, 5.74) is 0.312. The lowest BCUT2D eigenvalue weighted by Gasteiger charge is -2.17. The van der Waals surface area contributed by atoms with E-state index in [9.17, 15) is 24.8 Å². The fraction of sp³-hybridized carbons (Fsp3) is 0.179.